The third-order valence-corrected chi connectivity index (χ3v) is 13.8. The SMILES string of the molecule is CNC(=O)CON1Cc2cc(Nc3nc(N4CCC5(CCN(CC6CCN(c7cccc8c7CN(C7CCC(=O)NC7=O)C8=O)CC6)C5)C4)ncc3Cl)ccc2N(C(C)C)C1=O. The molecule has 6 aliphatic rings. The van der Waals surface area contributed by atoms with Crippen LogP contribution in [0.2, 0.25) is 5.02 Å². The van der Waals surface area contributed by atoms with Gasteiger partial charge in [-0.1, -0.05) is 17.7 Å². The minimum atomic E-state index is -0.619. The number of rotatable bonds is 11. The number of hydrogen-bond donors (Lipinski definition) is 3. The second kappa shape index (κ2) is 17.0. The number of amides is 6. The van der Waals surface area contributed by atoms with Crippen LogP contribution in [0.5, 0.6) is 0 Å². The van der Waals surface area contributed by atoms with Crippen LogP contribution < -0.4 is 30.7 Å². The van der Waals surface area contributed by atoms with Gasteiger partial charge in [0.25, 0.3) is 5.91 Å². The highest BCUT2D eigenvalue weighted by atomic mass is 35.5. The smallest absolute Gasteiger partial charge is 0.348 e. The van der Waals surface area contributed by atoms with Crippen LogP contribution in [-0.4, -0.2) is 126 Å². The second-order valence-corrected chi connectivity index (χ2v) is 18.3. The maximum atomic E-state index is 13.4. The maximum absolute atomic E-state index is 13.4. The predicted molar refractivity (Wildman–Crippen MR) is 233 cm³/mol. The van der Waals surface area contributed by atoms with Crippen molar-refractivity contribution in [3.63, 3.8) is 0 Å². The van der Waals surface area contributed by atoms with Crippen molar-refractivity contribution in [2.24, 2.45) is 11.3 Å². The minimum absolute atomic E-state index is 0.135. The first kappa shape index (κ1) is 41.8. The summed E-state index contributed by atoms with van der Waals surface area (Å²) in [5.74, 6) is 0.585. The van der Waals surface area contributed by atoms with E-state index in [-0.39, 0.29) is 60.7 Å². The lowest BCUT2D eigenvalue weighted by molar-refractivity contribution is -0.151. The standard InChI is InChI=1S/C44H54ClN11O6/c1-27(2)56-34-8-7-30(19-29(34)22-55(43(56)61)62-24-38(58)46-3)48-39-33(45)20-47-42(50-39)53-18-14-44(26-53)13-17-51(25-44)21-28-11-15-52(16-12-28)35-6-4-5-31-32(35)23-54(41(31)60)36-9-10-37(57)49-40(36)59/h4-8,19-20,27-28,36H,9-18,21-26H2,1-3H3,(H,46,58)(H,47,48,50)(H,49,57,59). The van der Waals surface area contributed by atoms with Crippen LogP contribution in [-0.2, 0) is 32.3 Å². The molecule has 0 bridgehead atoms. The zero-order valence-electron chi connectivity index (χ0n) is 35.5. The van der Waals surface area contributed by atoms with E-state index in [1.807, 2.05) is 44.2 Å². The molecule has 18 heteroatoms. The van der Waals surface area contributed by atoms with Gasteiger partial charge in [0.2, 0.25) is 23.7 Å². The van der Waals surface area contributed by atoms with Crippen LogP contribution in [0, 0.1) is 11.3 Å². The Morgan fingerprint density at radius 3 is 2.56 bits per heavy atom. The zero-order chi connectivity index (χ0) is 43.3. The fourth-order valence-electron chi connectivity index (χ4n) is 10.2. The average molecular weight is 868 g/mol. The van der Waals surface area contributed by atoms with Gasteiger partial charge >= 0.3 is 6.03 Å². The van der Waals surface area contributed by atoms with Crippen molar-refractivity contribution in [1.82, 2.24) is 35.5 Å². The van der Waals surface area contributed by atoms with E-state index >= 15 is 0 Å². The first-order valence-electron chi connectivity index (χ1n) is 21.7. The van der Waals surface area contributed by atoms with Gasteiger partial charge in [-0.05, 0) is 88.7 Å². The van der Waals surface area contributed by atoms with E-state index in [9.17, 15) is 24.0 Å². The van der Waals surface area contributed by atoms with Crippen molar-refractivity contribution in [3.05, 3.63) is 64.3 Å². The lowest BCUT2D eigenvalue weighted by Crippen LogP contribution is -2.52. The molecular formula is C44H54ClN11O6. The molecule has 2 atom stereocenters. The van der Waals surface area contributed by atoms with Crippen LogP contribution in [0.25, 0.3) is 0 Å². The zero-order valence-corrected chi connectivity index (χ0v) is 36.2. The monoisotopic (exact) mass is 867 g/mol. The molecule has 4 fully saturated rings. The molecule has 9 rings (SSSR count). The van der Waals surface area contributed by atoms with Gasteiger partial charge in [0.15, 0.2) is 12.4 Å². The highest BCUT2D eigenvalue weighted by molar-refractivity contribution is 6.33. The Balaban J connectivity index is 0.792. The van der Waals surface area contributed by atoms with Crippen LogP contribution in [0.4, 0.5) is 33.6 Å². The number of halogens is 1. The Hall–Kier alpha value is -5.52. The molecule has 1 spiro atoms. The van der Waals surface area contributed by atoms with Crippen molar-refractivity contribution in [3.8, 4) is 0 Å². The van der Waals surface area contributed by atoms with Gasteiger partial charge in [-0.15, -0.1) is 0 Å². The van der Waals surface area contributed by atoms with E-state index < -0.39 is 6.04 Å². The molecule has 2 unspecified atom stereocenters. The molecule has 6 aliphatic heterocycles. The Labute approximate surface area is 366 Å². The number of anilines is 5. The summed E-state index contributed by atoms with van der Waals surface area (Å²) in [6.07, 6.45) is 6.58. The molecule has 3 N–H and O–H groups in total. The molecular weight excluding hydrogens is 814 g/mol. The summed E-state index contributed by atoms with van der Waals surface area (Å²) < 4.78 is 0. The molecule has 328 valence electrons. The molecule has 0 aliphatic carbocycles. The number of hydroxylamine groups is 2. The molecule has 0 radical (unpaired) electrons. The molecule has 7 heterocycles. The topological polar surface area (TPSA) is 176 Å². The molecule has 2 aromatic carbocycles. The van der Waals surface area contributed by atoms with E-state index in [0.717, 1.165) is 99.7 Å². The third kappa shape index (κ3) is 8.13. The fourth-order valence-corrected chi connectivity index (χ4v) is 10.4. The first-order valence-corrected chi connectivity index (χ1v) is 22.1. The summed E-state index contributed by atoms with van der Waals surface area (Å²) in [7, 11) is 1.52. The Morgan fingerprint density at radius 2 is 1.79 bits per heavy atom. The number of likely N-dealkylation sites (tertiary alicyclic amines) is 1. The molecule has 4 saturated heterocycles. The third-order valence-electron chi connectivity index (χ3n) is 13.5. The molecule has 17 nitrogen and oxygen atoms in total. The van der Waals surface area contributed by atoms with Gasteiger partial charge in [-0.2, -0.15) is 10.0 Å². The van der Waals surface area contributed by atoms with Crippen LogP contribution in [0.3, 0.4) is 0 Å². The highest BCUT2D eigenvalue weighted by Gasteiger charge is 2.45. The van der Waals surface area contributed by atoms with Gasteiger partial charge in [-0.25, -0.2) is 9.78 Å². The minimum Gasteiger partial charge on any atom is -0.371 e. The van der Waals surface area contributed by atoms with E-state index in [4.69, 9.17) is 21.4 Å². The van der Waals surface area contributed by atoms with Crippen molar-refractivity contribution >= 4 is 70.1 Å². The number of nitrogens with zero attached hydrogens (tertiary/aromatic N) is 8. The van der Waals surface area contributed by atoms with Gasteiger partial charge in [0.1, 0.15) is 11.1 Å². The van der Waals surface area contributed by atoms with Gasteiger partial charge in [0, 0.05) is 98.8 Å². The quantitative estimate of drug-likeness (QED) is 0.234. The lowest BCUT2D eigenvalue weighted by Gasteiger charge is -2.38. The van der Waals surface area contributed by atoms with E-state index in [0.29, 0.717) is 41.2 Å². The van der Waals surface area contributed by atoms with E-state index in [1.165, 1.54) is 12.1 Å². The largest absolute Gasteiger partial charge is 0.371 e. The number of urea groups is 1. The number of aromatic nitrogens is 2. The van der Waals surface area contributed by atoms with E-state index in [2.05, 4.69) is 41.7 Å². The second-order valence-electron chi connectivity index (χ2n) is 17.9. The number of hydrogen-bond acceptors (Lipinski definition) is 12. The van der Waals surface area contributed by atoms with Gasteiger partial charge in [-0.3, -0.25) is 34.2 Å². The van der Waals surface area contributed by atoms with Crippen LogP contribution >= 0.6 is 11.6 Å². The lowest BCUT2D eigenvalue weighted by atomic mass is 9.86. The summed E-state index contributed by atoms with van der Waals surface area (Å²) in [4.78, 5) is 88.7. The van der Waals surface area contributed by atoms with Crippen molar-refractivity contribution in [2.45, 2.75) is 77.5 Å². The molecule has 62 heavy (non-hydrogen) atoms. The summed E-state index contributed by atoms with van der Waals surface area (Å²) >= 11 is 6.67. The van der Waals surface area contributed by atoms with Crippen molar-refractivity contribution < 1.29 is 28.8 Å². The Bertz CT molecular complexity index is 2290. The number of carbonyl (C=O) groups excluding carboxylic acids is 5. The summed E-state index contributed by atoms with van der Waals surface area (Å²) in [6, 6.07) is 10.6. The number of imide groups is 1. The maximum Gasteiger partial charge on any atom is 0.348 e. The summed E-state index contributed by atoms with van der Waals surface area (Å²) in [5.41, 5.74) is 5.26. The average Bonchev–Trinajstić information content (AvgIpc) is 3.97. The fraction of sp³-hybridized carbons (Fsp3) is 0.523. The van der Waals surface area contributed by atoms with Crippen molar-refractivity contribution in [1.29, 1.82) is 0 Å². The molecule has 6 amide bonds. The summed E-state index contributed by atoms with van der Waals surface area (Å²) in [5, 5.41) is 9.91. The number of benzene rings is 2. The Morgan fingerprint density at radius 1 is 0.984 bits per heavy atom. The number of carbonyl (C=O) groups is 5. The Kier molecular flexibility index (Phi) is 11.5. The molecule has 1 aromatic heterocycles. The predicted octanol–water partition coefficient (Wildman–Crippen LogP) is 4.28. The molecule has 3 aromatic rings. The number of likely N-dealkylation sites (N-methyl/N-ethyl adjacent to an activating group) is 1. The first-order chi connectivity index (χ1) is 29.9. The normalized spacial score (nSPS) is 23.2. The van der Waals surface area contributed by atoms with Crippen LogP contribution in [0.15, 0.2) is 42.6 Å². The highest BCUT2D eigenvalue weighted by Crippen LogP contribution is 2.42. The number of piperidine rings is 2. The summed E-state index contributed by atoms with van der Waals surface area (Å²) in [6.45, 7) is 10.9. The number of nitrogens with one attached hydrogen (secondary N) is 3. The molecule has 0 saturated carbocycles. The van der Waals surface area contributed by atoms with E-state index in [1.54, 1.807) is 16.0 Å². The number of fused-ring (bicyclic) bond motifs is 2. The van der Waals surface area contributed by atoms with Crippen molar-refractivity contribution in [2.75, 3.05) is 79.5 Å². The van der Waals surface area contributed by atoms with Gasteiger partial charge < -0.3 is 30.2 Å². The van der Waals surface area contributed by atoms with Gasteiger partial charge in [0.05, 0.1) is 18.4 Å². The van der Waals surface area contributed by atoms with Crippen LogP contribution in [0.1, 0.15) is 73.9 Å².